The first-order chi connectivity index (χ1) is 8.22. The van der Waals surface area contributed by atoms with Crippen LogP contribution in [0.25, 0.3) is 0 Å². The van der Waals surface area contributed by atoms with Crippen molar-refractivity contribution in [1.29, 1.82) is 0 Å². The third-order valence-corrected chi connectivity index (χ3v) is 3.25. The molecule has 1 aliphatic heterocycles. The Morgan fingerprint density at radius 3 is 2.88 bits per heavy atom. The maximum atomic E-state index is 11.1. The van der Waals surface area contributed by atoms with E-state index in [1.165, 1.54) is 0 Å². The fourth-order valence-electron chi connectivity index (χ4n) is 1.40. The van der Waals surface area contributed by atoms with Gasteiger partial charge in [-0.15, -0.1) is 0 Å². The predicted octanol–water partition coefficient (Wildman–Crippen LogP) is 1.08. The van der Waals surface area contributed by atoms with Gasteiger partial charge in [0.2, 0.25) is 0 Å². The van der Waals surface area contributed by atoms with Crippen LogP contribution in [0.5, 0.6) is 0 Å². The van der Waals surface area contributed by atoms with Crippen LogP contribution in [-0.2, 0) is 9.47 Å². The Morgan fingerprint density at radius 1 is 1.53 bits per heavy atom. The number of carbonyl (C=O) groups excluding carboxylic acids is 1. The molecule has 0 unspecified atom stereocenters. The highest BCUT2D eigenvalue weighted by Crippen LogP contribution is 2.06. The molecule has 1 aliphatic rings. The van der Waals surface area contributed by atoms with Gasteiger partial charge in [-0.25, -0.2) is 4.79 Å². The molecule has 0 spiro atoms. The fourth-order valence-corrected chi connectivity index (χ4v) is 2.21. The average Bonchev–Trinajstić information content (AvgIpc) is 2.30. The largest absolute Gasteiger partial charge is 0.458 e. The van der Waals surface area contributed by atoms with Crippen molar-refractivity contribution in [3.8, 4) is 0 Å². The van der Waals surface area contributed by atoms with Crippen LogP contribution in [-0.4, -0.2) is 60.5 Å². The van der Waals surface area contributed by atoms with E-state index in [-0.39, 0.29) is 5.30 Å². The lowest BCUT2D eigenvalue weighted by Crippen LogP contribution is -2.40. The molecule has 1 heterocycles. The van der Waals surface area contributed by atoms with Crippen LogP contribution >= 0.6 is 24.0 Å². The molecule has 0 aromatic heterocycles. The number of ether oxygens (including phenoxy) is 2. The molecule has 1 rings (SSSR count). The number of nitrogens with zero attached hydrogens (tertiary/aromatic N) is 1. The van der Waals surface area contributed by atoms with Gasteiger partial charge < -0.3 is 14.8 Å². The molecule has 0 bridgehead atoms. The quantitative estimate of drug-likeness (QED) is 0.610. The Bertz CT molecular complexity index is 258. The van der Waals surface area contributed by atoms with Gasteiger partial charge >= 0.3 is 5.30 Å². The summed E-state index contributed by atoms with van der Waals surface area (Å²) < 4.78 is 10.5. The Labute approximate surface area is 111 Å². The molecular weight excluding hydrogens is 260 g/mol. The lowest BCUT2D eigenvalue weighted by atomic mass is 10.4. The maximum absolute atomic E-state index is 11.1. The highest BCUT2D eigenvalue weighted by Gasteiger charge is 2.11. The summed E-state index contributed by atoms with van der Waals surface area (Å²) in [6.07, 6.45) is 0. The molecule has 0 aliphatic carbocycles. The molecule has 1 N–H and O–H groups in total. The smallest absolute Gasteiger partial charge is 0.374 e. The van der Waals surface area contributed by atoms with Crippen molar-refractivity contribution in [1.82, 2.24) is 10.2 Å². The molecule has 7 heteroatoms. The fraction of sp³-hybridized carbons (Fsp3) is 0.800. The molecule has 0 radical (unpaired) electrons. The second kappa shape index (κ2) is 8.68. The molecule has 17 heavy (non-hydrogen) atoms. The molecule has 0 atom stereocenters. The number of rotatable bonds is 4. The van der Waals surface area contributed by atoms with Crippen LogP contribution < -0.4 is 5.32 Å². The molecule has 0 aromatic rings. The lowest BCUT2D eigenvalue weighted by Gasteiger charge is -2.26. The van der Waals surface area contributed by atoms with Crippen molar-refractivity contribution >= 4 is 33.6 Å². The van der Waals surface area contributed by atoms with Crippen LogP contribution in [0.3, 0.4) is 0 Å². The zero-order valence-electron chi connectivity index (χ0n) is 9.94. The molecule has 5 nitrogen and oxygen atoms in total. The Morgan fingerprint density at radius 2 is 2.24 bits per heavy atom. The van der Waals surface area contributed by atoms with Gasteiger partial charge in [0.1, 0.15) is 4.32 Å². The summed E-state index contributed by atoms with van der Waals surface area (Å²) in [4.78, 5) is 13.4. The molecule has 0 aromatic carbocycles. The van der Waals surface area contributed by atoms with Gasteiger partial charge in [0, 0.05) is 37.9 Å². The first kappa shape index (κ1) is 14.7. The van der Waals surface area contributed by atoms with Crippen LogP contribution in [0.2, 0.25) is 0 Å². The van der Waals surface area contributed by atoms with Gasteiger partial charge in [-0.1, -0.05) is 12.2 Å². The molecule has 0 amide bonds. The summed E-state index contributed by atoms with van der Waals surface area (Å²) in [5, 5.41) is 2.68. The Kier molecular flexibility index (Phi) is 7.50. The zero-order valence-corrected chi connectivity index (χ0v) is 11.6. The first-order valence-corrected chi connectivity index (χ1v) is 6.87. The second-order valence-electron chi connectivity index (χ2n) is 3.45. The molecule has 1 saturated heterocycles. The third-order valence-electron chi connectivity index (χ3n) is 2.24. The minimum Gasteiger partial charge on any atom is -0.458 e. The van der Waals surface area contributed by atoms with Crippen molar-refractivity contribution in [3.05, 3.63) is 0 Å². The molecule has 98 valence electrons. The van der Waals surface area contributed by atoms with Crippen molar-refractivity contribution in [2.45, 2.75) is 6.92 Å². The van der Waals surface area contributed by atoms with E-state index >= 15 is 0 Å². The standard InChI is InChI=1S/C10H18N2O3S2/c1-2-15-10(13)17-9(16)11-3-4-12-5-7-14-8-6-12/h2-8H2,1H3,(H,11,16). The normalized spacial score (nSPS) is 16.5. The summed E-state index contributed by atoms with van der Waals surface area (Å²) >= 11 is 5.95. The Balaban J connectivity index is 2.05. The SMILES string of the molecule is CCOC(=O)SC(=S)NCCN1CCOCC1. The number of carbonyl (C=O) groups is 1. The minimum atomic E-state index is -0.351. The predicted molar refractivity (Wildman–Crippen MR) is 72.5 cm³/mol. The first-order valence-electron chi connectivity index (χ1n) is 5.65. The summed E-state index contributed by atoms with van der Waals surface area (Å²) in [7, 11) is 0. The number of nitrogens with one attached hydrogen (secondary N) is 1. The highest BCUT2D eigenvalue weighted by atomic mass is 32.2. The number of hydrogen-bond donors (Lipinski definition) is 1. The number of morpholine rings is 1. The molecule has 1 fully saturated rings. The average molecular weight is 278 g/mol. The Hall–Kier alpha value is -0.370. The minimum absolute atomic E-state index is 0.351. The van der Waals surface area contributed by atoms with E-state index in [9.17, 15) is 4.79 Å². The summed E-state index contributed by atoms with van der Waals surface area (Å²) in [6, 6.07) is 0. The van der Waals surface area contributed by atoms with Crippen LogP contribution in [0, 0.1) is 0 Å². The number of thiocarbonyl (C=S) groups is 1. The van der Waals surface area contributed by atoms with E-state index in [1.807, 2.05) is 0 Å². The molecule has 0 saturated carbocycles. The van der Waals surface area contributed by atoms with Crippen LogP contribution in [0.1, 0.15) is 6.92 Å². The van der Waals surface area contributed by atoms with Crippen LogP contribution in [0.15, 0.2) is 0 Å². The van der Waals surface area contributed by atoms with Gasteiger partial charge in [-0.05, 0) is 6.92 Å². The van der Waals surface area contributed by atoms with Crippen LogP contribution in [0.4, 0.5) is 4.79 Å². The maximum Gasteiger partial charge on any atom is 0.374 e. The summed E-state index contributed by atoms with van der Waals surface area (Å²) in [6.45, 7) is 7.30. The molecular formula is C10H18N2O3S2. The highest BCUT2D eigenvalue weighted by molar-refractivity contribution is 8.32. The van der Waals surface area contributed by atoms with Crippen molar-refractivity contribution in [2.75, 3.05) is 46.0 Å². The van der Waals surface area contributed by atoms with E-state index < -0.39 is 0 Å². The van der Waals surface area contributed by atoms with E-state index in [4.69, 9.17) is 21.7 Å². The van der Waals surface area contributed by atoms with Crippen molar-refractivity contribution in [2.24, 2.45) is 0 Å². The number of hydrogen-bond acceptors (Lipinski definition) is 6. The topological polar surface area (TPSA) is 50.8 Å². The van der Waals surface area contributed by atoms with Gasteiger partial charge in [-0.3, -0.25) is 4.90 Å². The summed E-state index contributed by atoms with van der Waals surface area (Å²) in [5.41, 5.74) is 0. The van der Waals surface area contributed by atoms with Gasteiger partial charge in [0.05, 0.1) is 19.8 Å². The van der Waals surface area contributed by atoms with Crippen molar-refractivity contribution < 1.29 is 14.3 Å². The second-order valence-corrected chi connectivity index (χ2v) is 5.07. The van der Waals surface area contributed by atoms with Gasteiger partial charge in [-0.2, -0.15) is 0 Å². The van der Waals surface area contributed by atoms with Gasteiger partial charge in [0.25, 0.3) is 0 Å². The van der Waals surface area contributed by atoms with E-state index in [1.54, 1.807) is 6.92 Å². The van der Waals surface area contributed by atoms with Gasteiger partial charge in [0.15, 0.2) is 0 Å². The van der Waals surface area contributed by atoms with Crippen molar-refractivity contribution in [3.63, 3.8) is 0 Å². The van der Waals surface area contributed by atoms with E-state index in [0.717, 1.165) is 51.2 Å². The van der Waals surface area contributed by atoms with E-state index in [2.05, 4.69) is 10.2 Å². The summed E-state index contributed by atoms with van der Waals surface area (Å²) in [5.74, 6) is 0. The van der Waals surface area contributed by atoms with E-state index in [0.29, 0.717) is 10.9 Å². The zero-order chi connectivity index (χ0) is 12.5. The monoisotopic (exact) mass is 278 g/mol. The lowest BCUT2D eigenvalue weighted by molar-refractivity contribution is 0.0389. The third kappa shape index (κ3) is 6.82. The number of thioether (sulfide) groups is 1.